The Kier molecular flexibility index (Phi) is 4.71. The van der Waals surface area contributed by atoms with E-state index in [9.17, 15) is 0 Å². The SMILES string of the molecule is Cc1nc2c(Br)cc(N3CCOCC3)cc2n1Cc1ccccc1Cl. The predicted molar refractivity (Wildman–Crippen MR) is 106 cm³/mol. The molecule has 25 heavy (non-hydrogen) atoms. The molecule has 2 heterocycles. The molecule has 3 aromatic rings. The number of anilines is 1. The number of rotatable bonds is 3. The monoisotopic (exact) mass is 419 g/mol. The molecule has 0 spiro atoms. The third-order valence-corrected chi connectivity index (χ3v) is 5.62. The molecule has 1 fully saturated rings. The summed E-state index contributed by atoms with van der Waals surface area (Å²) in [5.74, 6) is 0.981. The zero-order valence-electron chi connectivity index (χ0n) is 14.0. The summed E-state index contributed by atoms with van der Waals surface area (Å²) in [5.41, 5.74) is 4.40. The lowest BCUT2D eigenvalue weighted by Gasteiger charge is -2.29. The quantitative estimate of drug-likeness (QED) is 0.618. The predicted octanol–water partition coefficient (Wildman–Crippen LogP) is 4.65. The molecular formula is C19H19BrClN3O. The molecule has 1 aliphatic rings. The van der Waals surface area contributed by atoms with Crippen LogP contribution in [0, 0.1) is 6.92 Å². The first kappa shape index (κ1) is 16.9. The van der Waals surface area contributed by atoms with Crippen molar-refractivity contribution in [3.8, 4) is 0 Å². The Balaban J connectivity index is 1.79. The van der Waals surface area contributed by atoms with Gasteiger partial charge in [-0.15, -0.1) is 0 Å². The van der Waals surface area contributed by atoms with Gasteiger partial charge in [-0.25, -0.2) is 4.98 Å². The molecule has 4 nitrogen and oxygen atoms in total. The molecule has 1 aliphatic heterocycles. The molecule has 4 rings (SSSR count). The topological polar surface area (TPSA) is 30.3 Å². The number of benzene rings is 2. The molecule has 0 aliphatic carbocycles. The maximum absolute atomic E-state index is 6.36. The highest BCUT2D eigenvalue weighted by molar-refractivity contribution is 9.10. The van der Waals surface area contributed by atoms with Crippen molar-refractivity contribution in [2.24, 2.45) is 0 Å². The van der Waals surface area contributed by atoms with Crippen LogP contribution in [0.2, 0.25) is 5.02 Å². The smallest absolute Gasteiger partial charge is 0.107 e. The summed E-state index contributed by atoms with van der Waals surface area (Å²) in [6, 6.07) is 12.3. The van der Waals surface area contributed by atoms with Crippen LogP contribution in [0.1, 0.15) is 11.4 Å². The van der Waals surface area contributed by atoms with Crippen molar-refractivity contribution in [3.63, 3.8) is 0 Å². The van der Waals surface area contributed by atoms with E-state index in [1.54, 1.807) is 0 Å². The fourth-order valence-corrected chi connectivity index (χ4v) is 4.01. The van der Waals surface area contributed by atoms with Gasteiger partial charge in [-0.1, -0.05) is 29.8 Å². The van der Waals surface area contributed by atoms with Gasteiger partial charge >= 0.3 is 0 Å². The minimum Gasteiger partial charge on any atom is -0.378 e. The zero-order valence-corrected chi connectivity index (χ0v) is 16.3. The number of morpholine rings is 1. The highest BCUT2D eigenvalue weighted by Crippen LogP contribution is 2.32. The van der Waals surface area contributed by atoms with Crippen molar-refractivity contribution in [2.75, 3.05) is 31.2 Å². The van der Waals surface area contributed by atoms with Crippen molar-refractivity contribution in [3.05, 3.63) is 57.3 Å². The Labute approximate surface area is 160 Å². The molecule has 0 atom stereocenters. The standard InChI is InChI=1S/C19H19BrClN3O/c1-13-22-19-16(20)10-15(23-6-8-25-9-7-23)11-18(19)24(13)12-14-4-2-3-5-17(14)21/h2-5,10-11H,6-9,12H2,1H3. The van der Waals surface area contributed by atoms with Crippen LogP contribution < -0.4 is 4.90 Å². The molecule has 2 aromatic carbocycles. The number of hydrogen-bond acceptors (Lipinski definition) is 3. The lowest BCUT2D eigenvalue weighted by molar-refractivity contribution is 0.122. The van der Waals surface area contributed by atoms with E-state index in [1.165, 1.54) is 5.69 Å². The van der Waals surface area contributed by atoms with Crippen molar-refractivity contribution in [2.45, 2.75) is 13.5 Å². The van der Waals surface area contributed by atoms with Gasteiger partial charge in [0.15, 0.2) is 0 Å². The van der Waals surface area contributed by atoms with Crippen LogP contribution in [0.3, 0.4) is 0 Å². The Hall–Kier alpha value is -1.56. The van der Waals surface area contributed by atoms with Crippen molar-refractivity contribution < 1.29 is 4.74 Å². The van der Waals surface area contributed by atoms with E-state index in [0.29, 0.717) is 6.54 Å². The van der Waals surface area contributed by atoms with Gasteiger partial charge < -0.3 is 14.2 Å². The van der Waals surface area contributed by atoms with E-state index < -0.39 is 0 Å². The van der Waals surface area contributed by atoms with Crippen LogP contribution in [0.15, 0.2) is 40.9 Å². The van der Waals surface area contributed by atoms with E-state index in [4.69, 9.17) is 21.3 Å². The minimum absolute atomic E-state index is 0.709. The second-order valence-electron chi connectivity index (χ2n) is 6.23. The van der Waals surface area contributed by atoms with Crippen LogP contribution in [0.4, 0.5) is 5.69 Å². The largest absolute Gasteiger partial charge is 0.378 e. The number of ether oxygens (including phenoxy) is 1. The first-order chi connectivity index (χ1) is 12.1. The van der Waals surface area contributed by atoms with Gasteiger partial charge in [0.25, 0.3) is 0 Å². The molecule has 130 valence electrons. The first-order valence-electron chi connectivity index (χ1n) is 8.36. The first-order valence-corrected chi connectivity index (χ1v) is 9.53. The normalized spacial score (nSPS) is 15.1. The van der Waals surface area contributed by atoms with Crippen molar-refractivity contribution >= 4 is 44.3 Å². The highest BCUT2D eigenvalue weighted by Gasteiger charge is 2.17. The molecule has 6 heteroatoms. The average molecular weight is 421 g/mol. The van der Waals surface area contributed by atoms with Crippen LogP contribution in [-0.4, -0.2) is 35.9 Å². The third-order valence-electron chi connectivity index (χ3n) is 4.65. The summed E-state index contributed by atoms with van der Waals surface area (Å²) in [6.45, 7) is 6.12. The molecule has 0 bridgehead atoms. The summed E-state index contributed by atoms with van der Waals surface area (Å²) < 4.78 is 8.72. The summed E-state index contributed by atoms with van der Waals surface area (Å²) in [7, 11) is 0. The highest BCUT2D eigenvalue weighted by atomic mass is 79.9. The Bertz CT molecular complexity index is 918. The summed E-state index contributed by atoms with van der Waals surface area (Å²) in [4.78, 5) is 7.11. The van der Waals surface area contributed by atoms with Gasteiger partial charge in [0, 0.05) is 28.3 Å². The fourth-order valence-electron chi connectivity index (χ4n) is 3.28. The van der Waals surface area contributed by atoms with Crippen LogP contribution in [0.25, 0.3) is 11.0 Å². The van der Waals surface area contributed by atoms with Gasteiger partial charge in [-0.2, -0.15) is 0 Å². The Morgan fingerprint density at radius 1 is 1.20 bits per heavy atom. The van der Waals surface area contributed by atoms with Crippen molar-refractivity contribution in [1.82, 2.24) is 9.55 Å². The second-order valence-corrected chi connectivity index (χ2v) is 7.49. The molecule has 0 radical (unpaired) electrons. The van der Waals surface area contributed by atoms with Gasteiger partial charge in [0.2, 0.25) is 0 Å². The molecular weight excluding hydrogens is 402 g/mol. The maximum atomic E-state index is 6.36. The summed E-state index contributed by atoms with van der Waals surface area (Å²) in [6.07, 6.45) is 0. The van der Waals surface area contributed by atoms with Crippen molar-refractivity contribution in [1.29, 1.82) is 0 Å². The Morgan fingerprint density at radius 2 is 1.96 bits per heavy atom. The number of nitrogens with zero attached hydrogens (tertiary/aromatic N) is 3. The number of hydrogen-bond donors (Lipinski definition) is 0. The summed E-state index contributed by atoms with van der Waals surface area (Å²) in [5, 5.41) is 0.784. The van der Waals surface area contributed by atoms with E-state index in [2.05, 4.69) is 43.6 Å². The van der Waals surface area contributed by atoms with Gasteiger partial charge in [-0.3, -0.25) is 0 Å². The maximum Gasteiger partial charge on any atom is 0.107 e. The average Bonchev–Trinajstić information content (AvgIpc) is 2.94. The fraction of sp³-hybridized carbons (Fsp3) is 0.316. The number of fused-ring (bicyclic) bond motifs is 1. The number of imidazole rings is 1. The third kappa shape index (κ3) is 3.28. The minimum atomic E-state index is 0.709. The van der Waals surface area contributed by atoms with E-state index >= 15 is 0 Å². The van der Waals surface area contributed by atoms with E-state index in [0.717, 1.165) is 58.2 Å². The molecule has 1 saturated heterocycles. The van der Waals surface area contributed by atoms with Crippen LogP contribution in [0.5, 0.6) is 0 Å². The number of aromatic nitrogens is 2. The molecule has 0 N–H and O–H groups in total. The molecule has 0 amide bonds. The van der Waals surface area contributed by atoms with Gasteiger partial charge in [0.1, 0.15) is 11.3 Å². The Morgan fingerprint density at radius 3 is 2.72 bits per heavy atom. The van der Waals surface area contributed by atoms with Crippen LogP contribution >= 0.6 is 27.5 Å². The molecule has 0 unspecified atom stereocenters. The molecule has 1 aromatic heterocycles. The van der Waals surface area contributed by atoms with Gasteiger partial charge in [-0.05, 0) is 46.6 Å². The van der Waals surface area contributed by atoms with Gasteiger partial charge in [0.05, 0.1) is 25.3 Å². The van der Waals surface area contributed by atoms with E-state index in [-0.39, 0.29) is 0 Å². The number of halogens is 2. The van der Waals surface area contributed by atoms with E-state index in [1.807, 2.05) is 25.1 Å². The molecule has 0 saturated carbocycles. The zero-order chi connectivity index (χ0) is 17.4. The second kappa shape index (κ2) is 6.98. The number of aryl methyl sites for hydroxylation is 1. The lowest BCUT2D eigenvalue weighted by atomic mass is 10.2. The lowest BCUT2D eigenvalue weighted by Crippen LogP contribution is -2.36. The summed E-state index contributed by atoms with van der Waals surface area (Å²) >= 11 is 10.1. The van der Waals surface area contributed by atoms with Crippen LogP contribution in [-0.2, 0) is 11.3 Å².